The number of carbonyl (C=O) groups excluding carboxylic acids is 1. The van der Waals surface area contributed by atoms with Gasteiger partial charge in [0.15, 0.2) is 0 Å². The number of hydrogen-bond acceptors (Lipinski definition) is 2. The van der Waals surface area contributed by atoms with Crippen molar-refractivity contribution in [1.29, 1.82) is 0 Å². The topological polar surface area (TPSA) is 26.3 Å². The minimum Gasteiger partial charge on any atom is -0.540 e. The predicted octanol–water partition coefficient (Wildman–Crippen LogP) is 9.65. The SMILES string of the molecule is CCCCCCCCC/C=C(/O[Si]C(C)(C)C(c1ccccc1)c1ccccc1)c1cccc(C=O)c1. The molecule has 2 radical (unpaired) electrons. The average molecular weight is 511 g/mol. The van der Waals surface area contributed by atoms with Gasteiger partial charge in [-0.15, -0.1) is 0 Å². The van der Waals surface area contributed by atoms with Gasteiger partial charge in [0.1, 0.15) is 12.0 Å². The standard InChI is InChI=1S/C34H42O2Si/c1-4-5-6-7-8-9-10-17-25-32(31-24-18-19-28(26-31)27-35)36-37-34(2,3)33(29-20-13-11-14-21-29)30-22-15-12-16-23-30/h11-16,18-27,33H,4-10,17H2,1-3H3/b32-25+. The van der Waals surface area contributed by atoms with Crippen molar-refractivity contribution in [3.63, 3.8) is 0 Å². The monoisotopic (exact) mass is 510 g/mol. The molecule has 0 saturated carbocycles. The molecular formula is C34H42O2Si. The van der Waals surface area contributed by atoms with Crippen molar-refractivity contribution in [1.82, 2.24) is 0 Å². The number of aldehydes is 1. The molecule has 0 fully saturated rings. The van der Waals surface area contributed by atoms with Crippen LogP contribution in [0.3, 0.4) is 0 Å². The number of hydrogen-bond donors (Lipinski definition) is 0. The van der Waals surface area contributed by atoms with Crippen LogP contribution in [-0.2, 0) is 4.43 Å². The minimum absolute atomic E-state index is 0.136. The van der Waals surface area contributed by atoms with Crippen molar-refractivity contribution in [3.05, 3.63) is 113 Å². The van der Waals surface area contributed by atoms with Gasteiger partial charge in [-0.05, 0) is 36.1 Å². The first kappa shape index (κ1) is 28.7. The van der Waals surface area contributed by atoms with Crippen molar-refractivity contribution in [3.8, 4) is 0 Å². The molecule has 3 heteroatoms. The first-order valence-corrected chi connectivity index (χ1v) is 14.8. The summed E-state index contributed by atoms with van der Waals surface area (Å²) in [6.07, 6.45) is 13.1. The summed E-state index contributed by atoms with van der Waals surface area (Å²) >= 11 is 0. The fraction of sp³-hybridized carbons (Fsp3) is 0.382. The van der Waals surface area contributed by atoms with Crippen molar-refractivity contribution < 1.29 is 9.22 Å². The zero-order valence-corrected chi connectivity index (χ0v) is 23.8. The zero-order valence-electron chi connectivity index (χ0n) is 22.8. The number of rotatable bonds is 16. The lowest BCUT2D eigenvalue weighted by Gasteiger charge is -2.34. The molecule has 0 saturated heterocycles. The molecule has 0 aliphatic heterocycles. The Bertz CT molecular complexity index is 1050. The smallest absolute Gasteiger partial charge is 0.318 e. The van der Waals surface area contributed by atoms with E-state index < -0.39 is 0 Å². The van der Waals surface area contributed by atoms with Crippen molar-refractivity contribution >= 4 is 21.8 Å². The highest BCUT2D eigenvalue weighted by Gasteiger charge is 2.35. The lowest BCUT2D eigenvalue weighted by Crippen LogP contribution is -2.25. The fourth-order valence-electron chi connectivity index (χ4n) is 4.88. The average Bonchev–Trinajstić information content (AvgIpc) is 2.93. The molecule has 0 aromatic heterocycles. The van der Waals surface area contributed by atoms with E-state index in [9.17, 15) is 4.79 Å². The Hall–Kier alpha value is -2.91. The molecule has 3 aromatic rings. The molecule has 0 spiro atoms. The van der Waals surface area contributed by atoms with Gasteiger partial charge in [-0.2, -0.15) is 0 Å². The predicted molar refractivity (Wildman–Crippen MR) is 158 cm³/mol. The first-order chi connectivity index (χ1) is 18.0. The molecule has 0 N–H and O–H groups in total. The van der Waals surface area contributed by atoms with E-state index in [1.807, 2.05) is 24.3 Å². The van der Waals surface area contributed by atoms with Gasteiger partial charge in [-0.25, -0.2) is 0 Å². The third kappa shape index (κ3) is 9.16. The van der Waals surface area contributed by atoms with Gasteiger partial charge >= 0.3 is 9.76 Å². The van der Waals surface area contributed by atoms with Gasteiger partial charge in [-0.3, -0.25) is 4.79 Å². The number of benzene rings is 3. The molecule has 2 nitrogen and oxygen atoms in total. The maximum absolute atomic E-state index is 11.5. The van der Waals surface area contributed by atoms with E-state index in [0.29, 0.717) is 5.56 Å². The number of unbranched alkanes of at least 4 members (excludes halogenated alkanes) is 7. The molecule has 194 valence electrons. The Morgan fingerprint density at radius 1 is 0.811 bits per heavy atom. The summed E-state index contributed by atoms with van der Waals surface area (Å²) in [5.74, 6) is 1.10. The second-order valence-corrected chi connectivity index (χ2v) is 12.1. The van der Waals surface area contributed by atoms with Crippen LogP contribution in [0, 0.1) is 0 Å². The highest BCUT2D eigenvalue weighted by molar-refractivity contribution is 6.34. The summed E-state index contributed by atoms with van der Waals surface area (Å²) in [5.41, 5.74) is 4.25. The largest absolute Gasteiger partial charge is 0.540 e. The summed E-state index contributed by atoms with van der Waals surface area (Å²) < 4.78 is 6.65. The number of allylic oxidation sites excluding steroid dienone is 1. The summed E-state index contributed by atoms with van der Waals surface area (Å²) in [4.78, 5) is 11.5. The molecule has 0 heterocycles. The van der Waals surface area contributed by atoms with E-state index in [4.69, 9.17) is 4.43 Å². The maximum Gasteiger partial charge on any atom is 0.318 e. The van der Waals surface area contributed by atoms with Crippen LogP contribution < -0.4 is 0 Å². The molecule has 0 aliphatic carbocycles. The van der Waals surface area contributed by atoms with Crippen LogP contribution >= 0.6 is 0 Å². The Kier molecular flexibility index (Phi) is 11.9. The van der Waals surface area contributed by atoms with Crippen LogP contribution in [0.2, 0.25) is 5.04 Å². The Morgan fingerprint density at radius 3 is 2.00 bits per heavy atom. The third-order valence-corrected chi connectivity index (χ3v) is 7.99. The Balaban J connectivity index is 1.76. The van der Waals surface area contributed by atoms with Crippen LogP contribution in [0.15, 0.2) is 91.0 Å². The normalized spacial score (nSPS) is 12.1. The molecule has 0 atom stereocenters. The molecule has 0 bridgehead atoms. The van der Waals surface area contributed by atoms with E-state index in [1.54, 1.807) is 0 Å². The van der Waals surface area contributed by atoms with Gasteiger partial charge in [-0.1, -0.05) is 138 Å². The Labute approximate surface area is 227 Å². The summed E-state index contributed by atoms with van der Waals surface area (Å²) in [5, 5.41) is -0.136. The third-order valence-electron chi connectivity index (χ3n) is 6.86. The van der Waals surface area contributed by atoms with Gasteiger partial charge in [0.25, 0.3) is 0 Å². The maximum atomic E-state index is 11.5. The molecule has 0 unspecified atom stereocenters. The van der Waals surface area contributed by atoms with E-state index in [1.165, 1.54) is 49.7 Å². The zero-order chi connectivity index (χ0) is 26.3. The van der Waals surface area contributed by atoms with Gasteiger partial charge in [0, 0.05) is 22.1 Å². The van der Waals surface area contributed by atoms with Crippen LogP contribution in [0.25, 0.3) is 5.76 Å². The molecule has 3 aromatic carbocycles. The second kappa shape index (κ2) is 15.4. The van der Waals surface area contributed by atoms with E-state index >= 15 is 0 Å². The quantitative estimate of drug-likeness (QED) is 0.0829. The van der Waals surface area contributed by atoms with E-state index in [-0.39, 0.29) is 20.7 Å². The summed E-state index contributed by atoms with van der Waals surface area (Å²) in [6, 6.07) is 29.2. The van der Waals surface area contributed by atoms with Crippen molar-refractivity contribution in [2.24, 2.45) is 0 Å². The first-order valence-electron chi connectivity index (χ1n) is 13.8. The van der Waals surface area contributed by atoms with Gasteiger partial charge in [0.2, 0.25) is 0 Å². The minimum atomic E-state index is -0.136. The van der Waals surface area contributed by atoms with Crippen LogP contribution in [0.5, 0.6) is 0 Å². The summed E-state index contributed by atoms with van der Waals surface area (Å²) in [6.45, 7) is 6.85. The van der Waals surface area contributed by atoms with Crippen LogP contribution in [0.4, 0.5) is 0 Å². The molecule has 3 rings (SSSR count). The van der Waals surface area contributed by atoms with E-state index in [2.05, 4.69) is 87.5 Å². The van der Waals surface area contributed by atoms with Crippen molar-refractivity contribution in [2.75, 3.05) is 0 Å². The lowest BCUT2D eigenvalue weighted by molar-refractivity contribution is 0.112. The molecule has 0 aliphatic rings. The highest BCUT2D eigenvalue weighted by Crippen LogP contribution is 2.46. The van der Waals surface area contributed by atoms with Gasteiger partial charge < -0.3 is 4.43 Å². The van der Waals surface area contributed by atoms with E-state index in [0.717, 1.165) is 30.5 Å². The summed E-state index contributed by atoms with van der Waals surface area (Å²) in [7, 11) is 0.249. The highest BCUT2D eigenvalue weighted by atomic mass is 28.2. The number of carbonyl (C=O) groups is 1. The second-order valence-electron chi connectivity index (χ2n) is 10.4. The molecular weight excluding hydrogens is 468 g/mol. The fourth-order valence-corrected chi connectivity index (χ4v) is 5.91. The molecule has 37 heavy (non-hydrogen) atoms. The van der Waals surface area contributed by atoms with Gasteiger partial charge in [0.05, 0.1) is 0 Å². The van der Waals surface area contributed by atoms with Crippen LogP contribution in [0.1, 0.15) is 105 Å². The lowest BCUT2D eigenvalue weighted by atomic mass is 9.82. The molecule has 0 amide bonds. The van der Waals surface area contributed by atoms with Crippen molar-refractivity contribution in [2.45, 2.75) is 83.1 Å². The van der Waals surface area contributed by atoms with Crippen LogP contribution in [-0.4, -0.2) is 16.0 Å². The Morgan fingerprint density at radius 2 is 1.41 bits per heavy atom.